The van der Waals surface area contributed by atoms with Crippen LogP contribution in [-0.2, 0) is 6.42 Å². The molecular formula is C10H9BrFN. The van der Waals surface area contributed by atoms with Gasteiger partial charge in [0.25, 0.3) is 0 Å². The zero-order valence-electron chi connectivity index (χ0n) is 7.49. The van der Waals surface area contributed by atoms with Crippen LogP contribution in [0.2, 0.25) is 0 Å². The largest absolute Gasteiger partial charge is 0.257 e. The molecule has 1 aromatic rings. The van der Waals surface area contributed by atoms with E-state index in [0.717, 1.165) is 23.4 Å². The van der Waals surface area contributed by atoms with Crippen LogP contribution in [0.1, 0.15) is 18.1 Å². The molecule has 1 heterocycles. The maximum Gasteiger partial charge on any atom is 0.142 e. The van der Waals surface area contributed by atoms with Gasteiger partial charge >= 0.3 is 0 Å². The van der Waals surface area contributed by atoms with Crippen LogP contribution in [0, 0.1) is 12.7 Å². The molecular weight excluding hydrogens is 233 g/mol. The van der Waals surface area contributed by atoms with Crippen LogP contribution in [0.15, 0.2) is 15.5 Å². The summed E-state index contributed by atoms with van der Waals surface area (Å²) >= 11 is 3.19. The van der Waals surface area contributed by atoms with Crippen molar-refractivity contribution in [2.45, 2.75) is 20.3 Å². The van der Waals surface area contributed by atoms with Crippen molar-refractivity contribution in [2.75, 3.05) is 0 Å². The standard InChI is InChI=1S/C10H9BrFN/c1-5-3-7-4-8(11)9(12)6(2)10(7)13-5/h4H,3H2,1-2H3. The fraction of sp³-hybridized carbons (Fsp3) is 0.300. The molecule has 0 unspecified atom stereocenters. The first-order valence-electron chi connectivity index (χ1n) is 4.11. The number of aliphatic imine (C=N–C) groups is 1. The van der Waals surface area contributed by atoms with Gasteiger partial charge in [-0.1, -0.05) is 0 Å². The molecule has 0 amide bonds. The van der Waals surface area contributed by atoms with Crippen LogP contribution in [0.25, 0.3) is 0 Å². The number of hydrogen-bond acceptors (Lipinski definition) is 1. The van der Waals surface area contributed by atoms with E-state index in [2.05, 4.69) is 20.9 Å². The van der Waals surface area contributed by atoms with Gasteiger partial charge in [0.1, 0.15) is 5.82 Å². The fourth-order valence-corrected chi connectivity index (χ4v) is 2.18. The molecule has 2 rings (SSSR count). The van der Waals surface area contributed by atoms with Crippen molar-refractivity contribution < 1.29 is 4.39 Å². The lowest BCUT2D eigenvalue weighted by molar-refractivity contribution is 0.612. The molecule has 3 heteroatoms. The first-order valence-corrected chi connectivity index (χ1v) is 4.90. The summed E-state index contributed by atoms with van der Waals surface area (Å²) in [4.78, 5) is 4.31. The molecule has 0 saturated heterocycles. The summed E-state index contributed by atoms with van der Waals surface area (Å²) in [6, 6.07) is 1.82. The maximum atomic E-state index is 13.4. The molecule has 0 saturated carbocycles. The predicted molar refractivity (Wildman–Crippen MR) is 55.3 cm³/mol. The van der Waals surface area contributed by atoms with Crippen molar-refractivity contribution in [1.29, 1.82) is 0 Å². The number of benzene rings is 1. The van der Waals surface area contributed by atoms with Crippen LogP contribution >= 0.6 is 15.9 Å². The summed E-state index contributed by atoms with van der Waals surface area (Å²) in [5, 5.41) is 0. The number of halogens is 2. The first-order chi connectivity index (χ1) is 6.09. The predicted octanol–water partition coefficient (Wildman–Crippen LogP) is 3.55. The van der Waals surface area contributed by atoms with Gasteiger partial charge in [0.2, 0.25) is 0 Å². The SMILES string of the molecule is CC1=Nc2c(cc(Br)c(F)c2C)C1. The van der Waals surface area contributed by atoms with Crippen molar-refractivity contribution in [3.63, 3.8) is 0 Å². The molecule has 0 aliphatic carbocycles. The van der Waals surface area contributed by atoms with Gasteiger partial charge < -0.3 is 0 Å². The van der Waals surface area contributed by atoms with E-state index in [1.807, 2.05) is 13.0 Å². The molecule has 0 spiro atoms. The van der Waals surface area contributed by atoms with E-state index < -0.39 is 0 Å². The van der Waals surface area contributed by atoms with Crippen LogP contribution < -0.4 is 0 Å². The Morgan fingerprint density at radius 1 is 1.46 bits per heavy atom. The molecule has 0 bridgehead atoms. The maximum absolute atomic E-state index is 13.4. The second kappa shape index (κ2) is 2.91. The molecule has 0 radical (unpaired) electrons. The third-order valence-electron chi connectivity index (χ3n) is 2.25. The Labute approximate surface area is 84.8 Å². The molecule has 1 aliphatic heterocycles. The minimum absolute atomic E-state index is 0.197. The van der Waals surface area contributed by atoms with E-state index in [1.54, 1.807) is 6.92 Å². The summed E-state index contributed by atoms with van der Waals surface area (Å²) in [7, 11) is 0. The summed E-state index contributed by atoms with van der Waals surface area (Å²) in [6.07, 6.45) is 0.842. The molecule has 1 nitrogen and oxygen atoms in total. The van der Waals surface area contributed by atoms with E-state index >= 15 is 0 Å². The zero-order chi connectivity index (χ0) is 9.59. The number of nitrogens with zero attached hydrogens (tertiary/aromatic N) is 1. The van der Waals surface area contributed by atoms with Gasteiger partial charge in [0, 0.05) is 17.7 Å². The molecule has 1 aromatic carbocycles. The molecule has 0 atom stereocenters. The van der Waals surface area contributed by atoms with Crippen molar-refractivity contribution >= 4 is 27.3 Å². The van der Waals surface area contributed by atoms with Crippen molar-refractivity contribution in [3.05, 3.63) is 27.5 Å². The second-order valence-electron chi connectivity index (χ2n) is 3.33. The highest BCUT2D eigenvalue weighted by atomic mass is 79.9. The van der Waals surface area contributed by atoms with Gasteiger partial charge in [-0.15, -0.1) is 0 Å². The summed E-state index contributed by atoms with van der Waals surface area (Å²) in [6.45, 7) is 3.73. The zero-order valence-corrected chi connectivity index (χ0v) is 9.07. The Kier molecular flexibility index (Phi) is 1.99. The van der Waals surface area contributed by atoms with Gasteiger partial charge in [-0.25, -0.2) is 4.39 Å². The van der Waals surface area contributed by atoms with Crippen LogP contribution in [0.4, 0.5) is 10.1 Å². The Morgan fingerprint density at radius 2 is 2.15 bits per heavy atom. The summed E-state index contributed by atoms with van der Waals surface area (Å²) < 4.78 is 13.9. The lowest BCUT2D eigenvalue weighted by Gasteiger charge is -2.04. The summed E-state index contributed by atoms with van der Waals surface area (Å²) in [5.41, 5.74) is 3.62. The van der Waals surface area contributed by atoms with Gasteiger partial charge in [0.05, 0.1) is 10.2 Å². The van der Waals surface area contributed by atoms with Crippen LogP contribution in [0.5, 0.6) is 0 Å². The highest BCUT2D eigenvalue weighted by molar-refractivity contribution is 9.10. The number of rotatable bonds is 0. The quantitative estimate of drug-likeness (QED) is 0.659. The summed E-state index contributed by atoms with van der Waals surface area (Å²) in [5.74, 6) is -0.197. The van der Waals surface area contributed by atoms with Gasteiger partial charge in [0.15, 0.2) is 0 Å². The average molecular weight is 242 g/mol. The molecule has 13 heavy (non-hydrogen) atoms. The Balaban J connectivity index is 2.69. The third-order valence-corrected chi connectivity index (χ3v) is 2.83. The normalized spacial score (nSPS) is 14.3. The van der Waals surface area contributed by atoms with Gasteiger partial charge in [-0.3, -0.25) is 4.99 Å². The first kappa shape index (κ1) is 8.88. The Hall–Kier alpha value is -0.700. The van der Waals surface area contributed by atoms with Gasteiger partial charge in [-0.05, 0) is 41.4 Å². The average Bonchev–Trinajstić information content (AvgIpc) is 2.42. The Bertz CT molecular complexity index is 410. The lowest BCUT2D eigenvalue weighted by atomic mass is 10.1. The van der Waals surface area contributed by atoms with E-state index in [9.17, 15) is 4.39 Å². The third kappa shape index (κ3) is 1.31. The van der Waals surface area contributed by atoms with E-state index in [1.165, 1.54) is 0 Å². The van der Waals surface area contributed by atoms with Crippen LogP contribution in [-0.4, -0.2) is 5.71 Å². The van der Waals surface area contributed by atoms with Crippen molar-refractivity contribution in [1.82, 2.24) is 0 Å². The molecule has 0 fully saturated rings. The Morgan fingerprint density at radius 3 is 2.85 bits per heavy atom. The highest BCUT2D eigenvalue weighted by Gasteiger charge is 2.18. The van der Waals surface area contributed by atoms with Gasteiger partial charge in [-0.2, -0.15) is 0 Å². The molecule has 1 aliphatic rings. The monoisotopic (exact) mass is 241 g/mol. The van der Waals surface area contributed by atoms with Crippen LogP contribution in [0.3, 0.4) is 0 Å². The fourth-order valence-electron chi connectivity index (χ4n) is 1.61. The lowest BCUT2D eigenvalue weighted by Crippen LogP contribution is -1.91. The van der Waals surface area contributed by atoms with E-state index in [4.69, 9.17) is 0 Å². The van der Waals surface area contributed by atoms with Crippen molar-refractivity contribution in [3.8, 4) is 0 Å². The minimum atomic E-state index is -0.197. The van der Waals surface area contributed by atoms with E-state index in [0.29, 0.717) is 10.0 Å². The second-order valence-corrected chi connectivity index (χ2v) is 4.18. The number of hydrogen-bond donors (Lipinski definition) is 0. The van der Waals surface area contributed by atoms with Crippen molar-refractivity contribution in [2.24, 2.45) is 4.99 Å². The van der Waals surface area contributed by atoms with E-state index in [-0.39, 0.29) is 5.82 Å². The number of fused-ring (bicyclic) bond motifs is 1. The molecule has 68 valence electrons. The highest BCUT2D eigenvalue weighted by Crippen LogP contribution is 2.35. The topological polar surface area (TPSA) is 12.4 Å². The smallest absolute Gasteiger partial charge is 0.142 e. The molecule has 0 aromatic heterocycles. The minimum Gasteiger partial charge on any atom is -0.257 e. The molecule has 0 N–H and O–H groups in total.